The van der Waals surface area contributed by atoms with Crippen LogP contribution in [-0.4, -0.2) is 26.4 Å². The van der Waals surface area contributed by atoms with Gasteiger partial charge in [0.15, 0.2) is 0 Å². The van der Waals surface area contributed by atoms with Gasteiger partial charge >= 0.3 is 0 Å². The van der Waals surface area contributed by atoms with E-state index < -0.39 is 0 Å². The Balaban J connectivity index is 3.37. The molecule has 0 aliphatic heterocycles. The quantitative estimate of drug-likeness (QED) is 0.466. The van der Waals surface area contributed by atoms with Crippen molar-refractivity contribution in [3.05, 3.63) is 0 Å². The first-order valence-corrected chi connectivity index (χ1v) is 3.72. The standard InChI is InChI=1S/C8H18N2/c1-8(2,3)7-10-6-5-9-4/h7,9H,5-6H2,1-4H3. The zero-order valence-electron chi connectivity index (χ0n) is 7.44. The largest absolute Gasteiger partial charge is 0.318 e. The maximum atomic E-state index is 4.24. The predicted octanol–water partition coefficient (Wildman–Crippen LogP) is 1.32. The fourth-order valence-corrected chi connectivity index (χ4v) is 0.515. The fourth-order valence-electron chi connectivity index (χ4n) is 0.515. The molecule has 2 heteroatoms. The third kappa shape index (κ3) is 7.63. The second-order valence-corrected chi connectivity index (χ2v) is 3.50. The van der Waals surface area contributed by atoms with Crippen molar-refractivity contribution in [2.75, 3.05) is 20.1 Å². The fraction of sp³-hybridized carbons (Fsp3) is 0.875. The average molecular weight is 142 g/mol. The van der Waals surface area contributed by atoms with Gasteiger partial charge in [-0.15, -0.1) is 0 Å². The number of hydrogen-bond donors (Lipinski definition) is 1. The molecule has 0 bridgehead atoms. The molecule has 2 nitrogen and oxygen atoms in total. The highest BCUT2D eigenvalue weighted by molar-refractivity contribution is 5.63. The van der Waals surface area contributed by atoms with Crippen molar-refractivity contribution in [2.24, 2.45) is 10.4 Å². The molecule has 60 valence electrons. The van der Waals surface area contributed by atoms with Crippen molar-refractivity contribution in [1.82, 2.24) is 5.32 Å². The lowest BCUT2D eigenvalue weighted by Crippen LogP contribution is -2.12. The highest BCUT2D eigenvalue weighted by atomic mass is 14.9. The van der Waals surface area contributed by atoms with Crippen LogP contribution < -0.4 is 5.32 Å². The molecule has 10 heavy (non-hydrogen) atoms. The first-order valence-electron chi connectivity index (χ1n) is 3.72. The van der Waals surface area contributed by atoms with Crippen molar-refractivity contribution >= 4 is 6.21 Å². The molecular weight excluding hydrogens is 124 g/mol. The van der Waals surface area contributed by atoms with E-state index >= 15 is 0 Å². The van der Waals surface area contributed by atoms with Crippen molar-refractivity contribution in [1.29, 1.82) is 0 Å². The first kappa shape index (κ1) is 9.63. The normalized spacial score (nSPS) is 12.8. The van der Waals surface area contributed by atoms with Crippen LogP contribution in [0.15, 0.2) is 4.99 Å². The van der Waals surface area contributed by atoms with Crippen LogP contribution in [0.4, 0.5) is 0 Å². The van der Waals surface area contributed by atoms with Gasteiger partial charge in [0, 0.05) is 12.8 Å². The summed E-state index contributed by atoms with van der Waals surface area (Å²) >= 11 is 0. The molecule has 0 fully saturated rings. The number of nitrogens with zero attached hydrogens (tertiary/aromatic N) is 1. The first-order chi connectivity index (χ1) is 4.56. The molecular formula is C8H18N2. The molecule has 0 unspecified atom stereocenters. The summed E-state index contributed by atoms with van der Waals surface area (Å²) < 4.78 is 0. The van der Waals surface area contributed by atoms with Crippen LogP contribution in [0.5, 0.6) is 0 Å². The molecule has 0 aromatic rings. The van der Waals surface area contributed by atoms with Gasteiger partial charge in [-0.05, 0) is 12.5 Å². The van der Waals surface area contributed by atoms with Crippen molar-refractivity contribution in [3.63, 3.8) is 0 Å². The Morgan fingerprint density at radius 2 is 2.00 bits per heavy atom. The Labute approximate surface area is 63.7 Å². The zero-order valence-corrected chi connectivity index (χ0v) is 7.44. The third-order valence-electron chi connectivity index (χ3n) is 0.969. The van der Waals surface area contributed by atoms with E-state index in [0.29, 0.717) is 0 Å². The molecule has 0 amide bonds. The van der Waals surface area contributed by atoms with Gasteiger partial charge in [0.25, 0.3) is 0 Å². The maximum Gasteiger partial charge on any atom is 0.0510 e. The van der Waals surface area contributed by atoms with E-state index in [0.717, 1.165) is 13.1 Å². The summed E-state index contributed by atoms with van der Waals surface area (Å²) in [6.07, 6.45) is 2.00. The van der Waals surface area contributed by atoms with Crippen LogP contribution >= 0.6 is 0 Å². The van der Waals surface area contributed by atoms with E-state index in [1.807, 2.05) is 13.3 Å². The minimum Gasteiger partial charge on any atom is -0.318 e. The Kier molecular flexibility index (Phi) is 4.28. The molecule has 0 aromatic heterocycles. The van der Waals surface area contributed by atoms with Crippen LogP contribution in [-0.2, 0) is 0 Å². The molecule has 0 atom stereocenters. The number of nitrogens with one attached hydrogen (secondary N) is 1. The van der Waals surface area contributed by atoms with Crippen LogP contribution in [0.1, 0.15) is 20.8 Å². The van der Waals surface area contributed by atoms with Gasteiger partial charge in [-0.25, -0.2) is 0 Å². The summed E-state index contributed by atoms with van der Waals surface area (Å²) in [5, 5.41) is 3.04. The van der Waals surface area contributed by atoms with Gasteiger partial charge in [0.2, 0.25) is 0 Å². The highest BCUT2D eigenvalue weighted by Crippen LogP contribution is 2.07. The van der Waals surface area contributed by atoms with Gasteiger partial charge in [-0.3, -0.25) is 4.99 Å². The third-order valence-corrected chi connectivity index (χ3v) is 0.969. The predicted molar refractivity (Wildman–Crippen MR) is 46.7 cm³/mol. The molecule has 0 aliphatic rings. The monoisotopic (exact) mass is 142 g/mol. The van der Waals surface area contributed by atoms with E-state index in [-0.39, 0.29) is 5.41 Å². The lowest BCUT2D eigenvalue weighted by atomic mass is 9.99. The molecule has 0 rings (SSSR count). The van der Waals surface area contributed by atoms with Crippen molar-refractivity contribution in [3.8, 4) is 0 Å². The zero-order chi connectivity index (χ0) is 8.04. The summed E-state index contributed by atoms with van der Waals surface area (Å²) in [5.41, 5.74) is 0.230. The highest BCUT2D eigenvalue weighted by Gasteiger charge is 2.03. The summed E-state index contributed by atoms with van der Waals surface area (Å²) in [6.45, 7) is 8.29. The van der Waals surface area contributed by atoms with E-state index in [1.165, 1.54) is 0 Å². The van der Waals surface area contributed by atoms with E-state index in [1.54, 1.807) is 0 Å². The summed E-state index contributed by atoms with van der Waals surface area (Å²) in [4.78, 5) is 4.24. The summed E-state index contributed by atoms with van der Waals surface area (Å²) in [7, 11) is 1.94. The SMILES string of the molecule is CNCCN=CC(C)(C)C. The van der Waals surface area contributed by atoms with Crippen LogP contribution in [0.25, 0.3) is 0 Å². The summed E-state index contributed by atoms with van der Waals surface area (Å²) in [5.74, 6) is 0. The summed E-state index contributed by atoms with van der Waals surface area (Å²) in [6, 6.07) is 0. The Morgan fingerprint density at radius 3 is 2.40 bits per heavy atom. The average Bonchev–Trinajstić information content (AvgIpc) is 1.78. The van der Waals surface area contributed by atoms with Gasteiger partial charge in [0.05, 0.1) is 6.54 Å². The smallest absolute Gasteiger partial charge is 0.0510 e. The number of hydrogen-bond acceptors (Lipinski definition) is 2. The molecule has 0 saturated heterocycles. The minimum absolute atomic E-state index is 0.230. The number of aliphatic imine (C=N–C) groups is 1. The Hall–Kier alpha value is -0.370. The van der Waals surface area contributed by atoms with Crippen LogP contribution in [0.2, 0.25) is 0 Å². The van der Waals surface area contributed by atoms with E-state index in [4.69, 9.17) is 0 Å². The molecule has 0 radical (unpaired) electrons. The lowest BCUT2D eigenvalue weighted by molar-refractivity contribution is 0.603. The minimum atomic E-state index is 0.230. The Morgan fingerprint density at radius 1 is 1.40 bits per heavy atom. The Bertz CT molecular complexity index is 100. The molecule has 0 aromatic carbocycles. The van der Waals surface area contributed by atoms with Crippen molar-refractivity contribution < 1.29 is 0 Å². The van der Waals surface area contributed by atoms with Crippen LogP contribution in [0, 0.1) is 5.41 Å². The second kappa shape index (κ2) is 4.45. The topological polar surface area (TPSA) is 24.4 Å². The van der Waals surface area contributed by atoms with Gasteiger partial charge in [-0.1, -0.05) is 20.8 Å². The van der Waals surface area contributed by atoms with Gasteiger partial charge in [-0.2, -0.15) is 0 Å². The second-order valence-electron chi connectivity index (χ2n) is 3.50. The van der Waals surface area contributed by atoms with E-state index in [2.05, 4.69) is 31.1 Å². The van der Waals surface area contributed by atoms with Crippen molar-refractivity contribution in [2.45, 2.75) is 20.8 Å². The van der Waals surface area contributed by atoms with Crippen LogP contribution in [0.3, 0.4) is 0 Å². The van der Waals surface area contributed by atoms with E-state index in [9.17, 15) is 0 Å². The molecule has 1 N–H and O–H groups in total. The van der Waals surface area contributed by atoms with Gasteiger partial charge in [0.1, 0.15) is 0 Å². The maximum absolute atomic E-state index is 4.24. The number of likely N-dealkylation sites (N-methyl/N-ethyl adjacent to an activating group) is 1. The molecule has 0 saturated carbocycles. The molecule has 0 heterocycles. The molecule has 0 aliphatic carbocycles. The lowest BCUT2D eigenvalue weighted by Gasteiger charge is -2.09. The van der Waals surface area contributed by atoms with Gasteiger partial charge < -0.3 is 5.32 Å². The molecule has 0 spiro atoms. The number of rotatable bonds is 3.